The molecular weight excluding hydrogens is 284 g/mol. The van der Waals surface area contributed by atoms with E-state index in [2.05, 4.69) is 47.4 Å². The highest BCUT2D eigenvalue weighted by atomic mass is 79.9. The van der Waals surface area contributed by atoms with Crippen molar-refractivity contribution in [1.82, 2.24) is 0 Å². The summed E-state index contributed by atoms with van der Waals surface area (Å²) in [6.45, 7) is 5.18. The average Bonchev–Trinajstić information content (AvgIpc) is 2.27. The van der Waals surface area contributed by atoms with E-state index in [0.29, 0.717) is 5.56 Å². The second-order valence-electron chi connectivity index (χ2n) is 4.12. The van der Waals surface area contributed by atoms with E-state index in [0.717, 1.165) is 16.7 Å². The topological polar surface area (TPSA) is 35.8 Å². The van der Waals surface area contributed by atoms with Gasteiger partial charge in [-0.05, 0) is 38.3 Å². The minimum atomic E-state index is 0.162. The van der Waals surface area contributed by atoms with Gasteiger partial charge in [0.1, 0.15) is 6.07 Å². The van der Waals surface area contributed by atoms with Gasteiger partial charge >= 0.3 is 0 Å². The Labute approximate surface area is 110 Å². The number of nitrogens with zero attached hydrogens (tertiary/aromatic N) is 1. The lowest BCUT2D eigenvalue weighted by molar-refractivity contribution is 0.752. The number of rotatable bonds is 4. The summed E-state index contributed by atoms with van der Waals surface area (Å²) in [5.41, 5.74) is 1.57. The van der Waals surface area contributed by atoms with Crippen LogP contribution in [0.2, 0.25) is 0 Å². The number of benzene rings is 1. The summed E-state index contributed by atoms with van der Waals surface area (Å²) >= 11 is 5.22. The van der Waals surface area contributed by atoms with Crippen molar-refractivity contribution in [1.29, 1.82) is 5.26 Å². The number of anilines is 1. The lowest BCUT2D eigenvalue weighted by Crippen LogP contribution is -2.26. The van der Waals surface area contributed by atoms with Gasteiger partial charge in [0, 0.05) is 15.8 Å². The van der Waals surface area contributed by atoms with Crippen LogP contribution in [0.3, 0.4) is 0 Å². The Kier molecular flexibility index (Phi) is 4.69. The molecule has 0 unspecified atom stereocenters. The van der Waals surface area contributed by atoms with Crippen LogP contribution in [0, 0.1) is 11.3 Å². The molecule has 0 spiro atoms. The van der Waals surface area contributed by atoms with Crippen molar-refractivity contribution in [2.75, 3.05) is 18.1 Å². The van der Waals surface area contributed by atoms with Crippen LogP contribution in [-0.4, -0.2) is 17.5 Å². The Hall–Kier alpha value is -0.660. The SMILES string of the molecule is CSC(C)(C)CNc1cc(Br)ccc1C#N. The molecule has 86 valence electrons. The molecule has 0 bridgehead atoms. The second-order valence-corrected chi connectivity index (χ2v) is 6.55. The van der Waals surface area contributed by atoms with E-state index in [1.54, 1.807) is 11.8 Å². The van der Waals surface area contributed by atoms with Crippen molar-refractivity contribution in [2.24, 2.45) is 0 Å². The number of nitriles is 1. The van der Waals surface area contributed by atoms with E-state index in [4.69, 9.17) is 5.26 Å². The molecule has 4 heteroatoms. The molecule has 0 saturated carbocycles. The van der Waals surface area contributed by atoms with Gasteiger partial charge in [0.25, 0.3) is 0 Å². The molecule has 1 aromatic carbocycles. The predicted molar refractivity (Wildman–Crippen MR) is 74.9 cm³/mol. The summed E-state index contributed by atoms with van der Waals surface area (Å²) in [6.07, 6.45) is 2.09. The lowest BCUT2D eigenvalue weighted by atomic mass is 10.1. The first kappa shape index (κ1) is 13.4. The molecule has 1 N–H and O–H groups in total. The third kappa shape index (κ3) is 3.73. The van der Waals surface area contributed by atoms with Gasteiger partial charge in [0.2, 0.25) is 0 Å². The third-order valence-corrected chi connectivity index (χ3v) is 4.10. The summed E-state index contributed by atoms with van der Waals surface area (Å²) in [5.74, 6) is 0. The van der Waals surface area contributed by atoms with Gasteiger partial charge in [-0.2, -0.15) is 17.0 Å². The van der Waals surface area contributed by atoms with Gasteiger partial charge in [0.05, 0.1) is 11.3 Å². The first-order chi connectivity index (χ1) is 7.48. The fourth-order valence-corrected chi connectivity index (χ4v) is 1.72. The van der Waals surface area contributed by atoms with E-state index in [-0.39, 0.29) is 4.75 Å². The van der Waals surface area contributed by atoms with E-state index < -0.39 is 0 Å². The Balaban J connectivity index is 2.81. The molecule has 0 amide bonds. The van der Waals surface area contributed by atoms with E-state index in [1.807, 2.05) is 18.2 Å². The maximum Gasteiger partial charge on any atom is 0.101 e. The van der Waals surface area contributed by atoms with Crippen molar-refractivity contribution in [3.63, 3.8) is 0 Å². The van der Waals surface area contributed by atoms with Gasteiger partial charge < -0.3 is 5.32 Å². The zero-order chi connectivity index (χ0) is 12.2. The summed E-state index contributed by atoms with van der Waals surface area (Å²) < 4.78 is 1.14. The van der Waals surface area contributed by atoms with Gasteiger partial charge in [0.15, 0.2) is 0 Å². The normalized spacial score (nSPS) is 10.9. The van der Waals surface area contributed by atoms with Gasteiger partial charge in [-0.3, -0.25) is 0 Å². The molecular formula is C12H15BrN2S. The Morgan fingerprint density at radius 3 is 2.75 bits per heavy atom. The van der Waals surface area contributed by atoms with E-state index >= 15 is 0 Å². The summed E-state index contributed by atoms with van der Waals surface area (Å²) in [4.78, 5) is 0. The van der Waals surface area contributed by atoms with Gasteiger partial charge in [-0.15, -0.1) is 0 Å². The zero-order valence-corrected chi connectivity index (χ0v) is 12.1. The van der Waals surface area contributed by atoms with Crippen LogP contribution in [0.25, 0.3) is 0 Å². The van der Waals surface area contributed by atoms with Crippen molar-refractivity contribution in [3.8, 4) is 6.07 Å². The van der Waals surface area contributed by atoms with Gasteiger partial charge in [-0.1, -0.05) is 15.9 Å². The largest absolute Gasteiger partial charge is 0.383 e. The van der Waals surface area contributed by atoms with Crippen LogP contribution < -0.4 is 5.32 Å². The molecule has 16 heavy (non-hydrogen) atoms. The van der Waals surface area contributed by atoms with Crippen LogP contribution in [0.15, 0.2) is 22.7 Å². The summed E-state index contributed by atoms with van der Waals surface area (Å²) in [6, 6.07) is 7.82. The molecule has 0 aliphatic heterocycles. The molecule has 0 saturated heterocycles. The fraction of sp³-hybridized carbons (Fsp3) is 0.417. The molecule has 1 aromatic rings. The highest BCUT2D eigenvalue weighted by Gasteiger charge is 2.16. The van der Waals surface area contributed by atoms with Crippen LogP contribution >= 0.6 is 27.7 Å². The first-order valence-electron chi connectivity index (χ1n) is 4.97. The maximum absolute atomic E-state index is 8.99. The Bertz CT molecular complexity index is 410. The highest BCUT2D eigenvalue weighted by Crippen LogP contribution is 2.25. The molecule has 0 aliphatic rings. The Morgan fingerprint density at radius 1 is 1.50 bits per heavy atom. The van der Waals surface area contributed by atoms with E-state index in [9.17, 15) is 0 Å². The average molecular weight is 299 g/mol. The molecule has 0 radical (unpaired) electrons. The number of halogens is 1. The number of hydrogen-bond acceptors (Lipinski definition) is 3. The van der Waals surface area contributed by atoms with Crippen molar-refractivity contribution in [3.05, 3.63) is 28.2 Å². The lowest BCUT2D eigenvalue weighted by Gasteiger charge is -2.23. The standard InChI is InChI=1S/C12H15BrN2S/c1-12(2,16-3)8-15-11-6-10(13)5-4-9(11)7-14/h4-6,15H,8H2,1-3H3. The minimum absolute atomic E-state index is 0.162. The first-order valence-corrected chi connectivity index (χ1v) is 6.99. The molecule has 2 nitrogen and oxygen atoms in total. The van der Waals surface area contributed by atoms with Gasteiger partial charge in [-0.25, -0.2) is 0 Å². The van der Waals surface area contributed by atoms with Crippen molar-refractivity contribution < 1.29 is 0 Å². The number of hydrogen-bond donors (Lipinski definition) is 1. The molecule has 0 aromatic heterocycles. The molecule has 0 aliphatic carbocycles. The molecule has 1 rings (SSSR count). The van der Waals surface area contributed by atoms with Crippen LogP contribution in [-0.2, 0) is 0 Å². The molecule has 0 fully saturated rings. The summed E-state index contributed by atoms with van der Waals surface area (Å²) in [7, 11) is 0. The van der Waals surface area contributed by atoms with Crippen LogP contribution in [0.1, 0.15) is 19.4 Å². The molecule has 0 atom stereocenters. The second kappa shape index (κ2) is 5.60. The van der Waals surface area contributed by atoms with Crippen LogP contribution in [0.5, 0.6) is 0 Å². The van der Waals surface area contributed by atoms with Crippen molar-refractivity contribution >= 4 is 33.4 Å². The molecule has 0 heterocycles. The van der Waals surface area contributed by atoms with Crippen molar-refractivity contribution in [2.45, 2.75) is 18.6 Å². The smallest absolute Gasteiger partial charge is 0.101 e. The zero-order valence-electron chi connectivity index (χ0n) is 9.67. The number of thioether (sulfide) groups is 1. The highest BCUT2D eigenvalue weighted by molar-refractivity contribution is 9.10. The Morgan fingerprint density at radius 2 is 2.19 bits per heavy atom. The minimum Gasteiger partial charge on any atom is -0.383 e. The maximum atomic E-state index is 8.99. The number of nitrogens with one attached hydrogen (secondary N) is 1. The van der Waals surface area contributed by atoms with Crippen LogP contribution in [0.4, 0.5) is 5.69 Å². The third-order valence-electron chi connectivity index (χ3n) is 2.36. The fourth-order valence-electron chi connectivity index (χ4n) is 1.14. The monoisotopic (exact) mass is 298 g/mol. The summed E-state index contributed by atoms with van der Waals surface area (Å²) in [5, 5.41) is 12.3. The van der Waals surface area contributed by atoms with E-state index in [1.165, 1.54) is 0 Å². The predicted octanol–water partition coefficient (Wildman–Crippen LogP) is 3.87. The quantitative estimate of drug-likeness (QED) is 0.916.